The number of hydrogen-bond donors (Lipinski definition) is 1. The molecule has 168 valence electrons. The second-order valence-electron chi connectivity index (χ2n) is 8.55. The molecule has 7 heteroatoms. The Morgan fingerprint density at radius 2 is 1.81 bits per heavy atom. The topological polar surface area (TPSA) is 54.0 Å². The van der Waals surface area contributed by atoms with Crippen molar-refractivity contribution in [2.75, 3.05) is 58.3 Å². The number of carbonyl (C=O) groups excluding carboxylic acids is 1. The number of nitrogens with one attached hydrogen (secondary N) is 1. The second-order valence-corrected chi connectivity index (χ2v) is 8.55. The van der Waals surface area contributed by atoms with Crippen LogP contribution in [0.3, 0.4) is 0 Å². The molecule has 0 radical (unpaired) electrons. The molecule has 0 unspecified atom stereocenters. The summed E-state index contributed by atoms with van der Waals surface area (Å²) in [5, 5.41) is 2.81. The maximum atomic E-state index is 13.8. The molecule has 6 nitrogen and oxygen atoms in total. The van der Waals surface area contributed by atoms with E-state index in [1.807, 2.05) is 6.07 Å². The number of piperazine rings is 1. The van der Waals surface area contributed by atoms with Crippen LogP contribution in [0.1, 0.15) is 22.3 Å². The SMILES string of the molecule is COCCN1CCN(CCc2ccc3c(c2)COC3=C2C(=O)Nc3ccc(F)cc32)CC1. The molecule has 1 saturated heterocycles. The van der Waals surface area contributed by atoms with Gasteiger partial charge in [0.1, 0.15) is 18.2 Å². The Morgan fingerprint density at radius 3 is 2.59 bits per heavy atom. The molecule has 0 aromatic heterocycles. The summed E-state index contributed by atoms with van der Waals surface area (Å²) in [6.07, 6.45) is 0.978. The third kappa shape index (κ3) is 4.16. The molecule has 0 saturated carbocycles. The Labute approximate surface area is 187 Å². The Morgan fingerprint density at radius 1 is 1.03 bits per heavy atom. The van der Waals surface area contributed by atoms with E-state index in [0.29, 0.717) is 29.2 Å². The number of carbonyl (C=O) groups is 1. The molecule has 0 atom stereocenters. The summed E-state index contributed by atoms with van der Waals surface area (Å²) in [4.78, 5) is 17.5. The van der Waals surface area contributed by atoms with Crippen LogP contribution in [0.5, 0.6) is 0 Å². The highest BCUT2D eigenvalue weighted by atomic mass is 19.1. The van der Waals surface area contributed by atoms with Gasteiger partial charge in [0.25, 0.3) is 5.91 Å². The van der Waals surface area contributed by atoms with Gasteiger partial charge in [0.15, 0.2) is 0 Å². The molecule has 0 spiro atoms. The van der Waals surface area contributed by atoms with Crippen molar-refractivity contribution >= 4 is 22.9 Å². The predicted molar refractivity (Wildman–Crippen MR) is 122 cm³/mol. The summed E-state index contributed by atoms with van der Waals surface area (Å²) in [6, 6.07) is 10.7. The van der Waals surface area contributed by atoms with Crippen LogP contribution in [0.4, 0.5) is 10.1 Å². The highest BCUT2D eigenvalue weighted by Crippen LogP contribution is 2.41. The van der Waals surface area contributed by atoms with E-state index < -0.39 is 0 Å². The fourth-order valence-electron chi connectivity index (χ4n) is 4.69. The largest absolute Gasteiger partial charge is 0.487 e. The first kappa shape index (κ1) is 21.1. The third-order valence-corrected chi connectivity index (χ3v) is 6.53. The molecule has 1 fully saturated rings. The van der Waals surface area contributed by atoms with E-state index in [9.17, 15) is 9.18 Å². The maximum absolute atomic E-state index is 13.8. The fraction of sp³-hybridized carbons (Fsp3) is 0.400. The summed E-state index contributed by atoms with van der Waals surface area (Å²) in [5.41, 5.74) is 4.86. The zero-order valence-electron chi connectivity index (χ0n) is 18.3. The van der Waals surface area contributed by atoms with Gasteiger partial charge in [-0.1, -0.05) is 18.2 Å². The van der Waals surface area contributed by atoms with E-state index in [1.165, 1.54) is 17.7 Å². The highest BCUT2D eigenvalue weighted by Gasteiger charge is 2.32. The van der Waals surface area contributed by atoms with Crippen LogP contribution in [0.15, 0.2) is 36.4 Å². The summed E-state index contributed by atoms with van der Waals surface area (Å²) in [5.74, 6) is -0.0748. The van der Waals surface area contributed by atoms with Crippen LogP contribution in [0, 0.1) is 5.82 Å². The molecule has 1 amide bonds. The minimum absolute atomic E-state index is 0.248. The van der Waals surface area contributed by atoms with Gasteiger partial charge in [-0.3, -0.25) is 9.69 Å². The Balaban J connectivity index is 1.27. The van der Waals surface area contributed by atoms with E-state index in [-0.39, 0.29) is 11.7 Å². The lowest BCUT2D eigenvalue weighted by atomic mass is 9.98. The third-order valence-electron chi connectivity index (χ3n) is 6.53. The van der Waals surface area contributed by atoms with Gasteiger partial charge in [0, 0.05) is 68.8 Å². The van der Waals surface area contributed by atoms with Crippen molar-refractivity contribution in [3.63, 3.8) is 0 Å². The van der Waals surface area contributed by atoms with E-state index in [0.717, 1.165) is 63.4 Å². The van der Waals surface area contributed by atoms with Crippen molar-refractivity contribution in [2.45, 2.75) is 13.0 Å². The number of anilines is 1. The smallest absolute Gasteiger partial charge is 0.260 e. The van der Waals surface area contributed by atoms with E-state index in [2.05, 4.69) is 27.2 Å². The Bertz CT molecular complexity index is 1060. The minimum atomic E-state index is -0.369. The number of ether oxygens (including phenoxy) is 2. The van der Waals surface area contributed by atoms with Crippen molar-refractivity contribution in [3.8, 4) is 0 Å². The monoisotopic (exact) mass is 437 g/mol. The number of halogens is 1. The number of hydrogen-bond acceptors (Lipinski definition) is 5. The summed E-state index contributed by atoms with van der Waals surface area (Å²) >= 11 is 0. The molecule has 3 heterocycles. The fourth-order valence-corrected chi connectivity index (χ4v) is 4.69. The van der Waals surface area contributed by atoms with Crippen LogP contribution in [0.2, 0.25) is 0 Å². The van der Waals surface area contributed by atoms with Gasteiger partial charge in [0.2, 0.25) is 0 Å². The minimum Gasteiger partial charge on any atom is -0.487 e. The van der Waals surface area contributed by atoms with Crippen molar-refractivity contribution in [3.05, 3.63) is 64.5 Å². The Kier molecular flexibility index (Phi) is 5.95. The number of benzene rings is 2. The van der Waals surface area contributed by atoms with Gasteiger partial charge in [-0.05, 0) is 30.2 Å². The second kappa shape index (κ2) is 9.02. The number of methoxy groups -OCH3 is 1. The van der Waals surface area contributed by atoms with Crippen molar-refractivity contribution < 1.29 is 18.7 Å². The van der Waals surface area contributed by atoms with Crippen LogP contribution < -0.4 is 5.32 Å². The number of nitrogens with zero attached hydrogens (tertiary/aromatic N) is 2. The van der Waals surface area contributed by atoms with Gasteiger partial charge in [-0.2, -0.15) is 0 Å². The lowest BCUT2D eigenvalue weighted by Crippen LogP contribution is -2.47. The maximum Gasteiger partial charge on any atom is 0.260 e. The molecule has 2 aromatic carbocycles. The molecule has 2 aromatic rings. The van der Waals surface area contributed by atoms with Gasteiger partial charge in [-0.15, -0.1) is 0 Å². The zero-order chi connectivity index (χ0) is 22.1. The number of rotatable bonds is 6. The summed E-state index contributed by atoms with van der Waals surface area (Å²) in [7, 11) is 1.75. The van der Waals surface area contributed by atoms with Crippen LogP contribution >= 0.6 is 0 Å². The molecular weight excluding hydrogens is 409 g/mol. The lowest BCUT2D eigenvalue weighted by molar-refractivity contribution is -0.110. The van der Waals surface area contributed by atoms with E-state index in [1.54, 1.807) is 13.2 Å². The van der Waals surface area contributed by atoms with Gasteiger partial charge in [0.05, 0.1) is 12.2 Å². The summed E-state index contributed by atoms with van der Waals surface area (Å²) in [6.45, 7) is 7.58. The molecule has 0 aliphatic carbocycles. The number of amides is 1. The van der Waals surface area contributed by atoms with Crippen molar-refractivity contribution in [2.24, 2.45) is 0 Å². The van der Waals surface area contributed by atoms with Gasteiger partial charge in [-0.25, -0.2) is 4.39 Å². The zero-order valence-corrected chi connectivity index (χ0v) is 18.3. The average Bonchev–Trinajstić information content (AvgIpc) is 3.35. The van der Waals surface area contributed by atoms with E-state index in [4.69, 9.17) is 9.47 Å². The molecule has 0 bridgehead atoms. The quantitative estimate of drug-likeness (QED) is 0.705. The first-order valence-electron chi connectivity index (χ1n) is 11.2. The van der Waals surface area contributed by atoms with Gasteiger partial charge < -0.3 is 19.7 Å². The van der Waals surface area contributed by atoms with E-state index >= 15 is 0 Å². The number of fused-ring (bicyclic) bond motifs is 2. The normalized spacial score (nSPS) is 20.8. The molecule has 1 N–H and O–H groups in total. The molecule has 3 aliphatic heterocycles. The standard InChI is InChI=1S/C25H28FN3O3/c1-31-13-12-29-10-8-28(9-11-29)7-6-17-2-4-20-18(14-17)16-32-24(20)23-21-15-19(26)3-5-22(21)27-25(23)30/h2-5,14-15H,6-13,16H2,1H3,(H,27,30). The molecule has 3 aliphatic rings. The molecule has 32 heavy (non-hydrogen) atoms. The average molecular weight is 438 g/mol. The first-order valence-corrected chi connectivity index (χ1v) is 11.2. The van der Waals surface area contributed by atoms with Crippen LogP contribution in [-0.2, 0) is 27.3 Å². The summed E-state index contributed by atoms with van der Waals surface area (Å²) < 4.78 is 24.9. The first-order chi connectivity index (χ1) is 15.6. The predicted octanol–water partition coefficient (Wildman–Crippen LogP) is 2.98. The van der Waals surface area contributed by atoms with Crippen LogP contribution in [-0.4, -0.2) is 68.7 Å². The lowest BCUT2D eigenvalue weighted by Gasteiger charge is -2.34. The van der Waals surface area contributed by atoms with Gasteiger partial charge >= 0.3 is 0 Å². The molecule has 5 rings (SSSR count). The van der Waals surface area contributed by atoms with Crippen molar-refractivity contribution in [1.82, 2.24) is 9.80 Å². The van der Waals surface area contributed by atoms with Crippen LogP contribution in [0.25, 0.3) is 11.3 Å². The molecular formula is C25H28FN3O3. The highest BCUT2D eigenvalue weighted by molar-refractivity contribution is 6.36. The Hall–Kier alpha value is -2.74. The van der Waals surface area contributed by atoms with Crippen molar-refractivity contribution in [1.29, 1.82) is 0 Å².